The van der Waals surface area contributed by atoms with Gasteiger partial charge in [0.05, 0.1) is 12.0 Å². The van der Waals surface area contributed by atoms with Crippen molar-refractivity contribution in [1.82, 2.24) is 14.9 Å². The standard InChI is InChI=1S/C16H25N3O4S.ClH/c1-12(2)15(16(20)19-10-8-17-9-11-19)18-24(21,22)14-6-4-13(23-3)5-7-14;/h4-7,12,15,17-18H,8-11H2,1-3H3;1H. The molecule has 1 fully saturated rings. The van der Waals surface area contributed by atoms with E-state index in [4.69, 9.17) is 4.74 Å². The van der Waals surface area contributed by atoms with Crippen LogP contribution in [0.15, 0.2) is 29.2 Å². The summed E-state index contributed by atoms with van der Waals surface area (Å²) in [5, 5.41) is 3.18. The quantitative estimate of drug-likeness (QED) is 0.750. The molecule has 1 aromatic carbocycles. The second-order valence-electron chi connectivity index (χ2n) is 6.09. The SMILES string of the molecule is COc1ccc(S(=O)(=O)NC(C(=O)N2CCNCC2)C(C)C)cc1.Cl. The molecule has 1 aliphatic rings. The number of methoxy groups -OCH3 is 1. The molecular weight excluding hydrogens is 366 g/mol. The van der Waals surface area contributed by atoms with Crippen molar-refractivity contribution >= 4 is 28.3 Å². The zero-order valence-corrected chi connectivity index (χ0v) is 16.3. The number of hydrogen-bond acceptors (Lipinski definition) is 5. The third-order valence-electron chi connectivity index (χ3n) is 4.01. The Kier molecular flexibility index (Phi) is 8.14. The molecule has 2 rings (SSSR count). The first-order valence-electron chi connectivity index (χ1n) is 8.01. The smallest absolute Gasteiger partial charge is 0.241 e. The highest BCUT2D eigenvalue weighted by Crippen LogP contribution is 2.17. The molecule has 7 nitrogen and oxygen atoms in total. The average Bonchev–Trinajstić information content (AvgIpc) is 2.59. The highest BCUT2D eigenvalue weighted by Gasteiger charge is 2.32. The van der Waals surface area contributed by atoms with Gasteiger partial charge in [-0.2, -0.15) is 4.72 Å². The normalized spacial score (nSPS) is 16.2. The minimum absolute atomic E-state index is 0. The lowest BCUT2D eigenvalue weighted by atomic mass is 10.0. The maximum atomic E-state index is 12.7. The number of nitrogens with one attached hydrogen (secondary N) is 2. The van der Waals surface area contributed by atoms with Gasteiger partial charge in [-0.25, -0.2) is 8.42 Å². The fourth-order valence-corrected chi connectivity index (χ4v) is 3.88. The fraction of sp³-hybridized carbons (Fsp3) is 0.562. The molecule has 0 aromatic heterocycles. The van der Waals surface area contributed by atoms with Gasteiger partial charge >= 0.3 is 0 Å². The van der Waals surface area contributed by atoms with Crippen LogP contribution in [0.5, 0.6) is 5.75 Å². The van der Waals surface area contributed by atoms with Crippen LogP contribution < -0.4 is 14.8 Å². The molecule has 1 atom stereocenters. The number of benzene rings is 1. The number of hydrogen-bond donors (Lipinski definition) is 2. The summed E-state index contributed by atoms with van der Waals surface area (Å²) in [5.41, 5.74) is 0. The molecule has 1 saturated heterocycles. The van der Waals surface area contributed by atoms with Gasteiger partial charge in [-0.15, -0.1) is 12.4 Å². The first-order chi connectivity index (χ1) is 11.3. The largest absolute Gasteiger partial charge is 0.497 e. The molecule has 1 unspecified atom stereocenters. The molecule has 0 saturated carbocycles. The summed E-state index contributed by atoms with van der Waals surface area (Å²) in [4.78, 5) is 14.5. The second-order valence-corrected chi connectivity index (χ2v) is 7.81. The highest BCUT2D eigenvalue weighted by atomic mass is 35.5. The van der Waals surface area contributed by atoms with E-state index in [2.05, 4.69) is 10.0 Å². The summed E-state index contributed by atoms with van der Waals surface area (Å²) < 4.78 is 32.8. The van der Waals surface area contributed by atoms with Crippen LogP contribution in [0.1, 0.15) is 13.8 Å². The molecule has 142 valence electrons. The molecule has 0 aliphatic carbocycles. The van der Waals surface area contributed by atoms with Gasteiger partial charge in [0.25, 0.3) is 0 Å². The van der Waals surface area contributed by atoms with Crippen molar-refractivity contribution in [2.45, 2.75) is 24.8 Å². The third-order valence-corrected chi connectivity index (χ3v) is 5.47. The molecule has 0 radical (unpaired) electrons. The maximum Gasteiger partial charge on any atom is 0.241 e. The number of amides is 1. The Balaban J connectivity index is 0.00000312. The predicted molar refractivity (Wildman–Crippen MR) is 98.6 cm³/mol. The van der Waals surface area contributed by atoms with Crippen molar-refractivity contribution in [2.24, 2.45) is 5.92 Å². The van der Waals surface area contributed by atoms with Gasteiger partial charge in [-0.3, -0.25) is 4.79 Å². The van der Waals surface area contributed by atoms with Crippen LogP contribution in [-0.4, -0.2) is 58.6 Å². The molecule has 1 aromatic rings. The van der Waals surface area contributed by atoms with Gasteiger partial charge in [0.15, 0.2) is 0 Å². The van der Waals surface area contributed by atoms with Crippen LogP contribution >= 0.6 is 12.4 Å². The van der Waals surface area contributed by atoms with Crippen LogP contribution in [0, 0.1) is 5.92 Å². The molecule has 0 bridgehead atoms. The summed E-state index contributed by atoms with van der Waals surface area (Å²) in [7, 11) is -2.27. The molecular formula is C16H26ClN3O4S. The van der Waals surface area contributed by atoms with E-state index in [-0.39, 0.29) is 29.1 Å². The number of ether oxygens (including phenoxy) is 1. The van der Waals surface area contributed by atoms with Crippen LogP contribution in [0.3, 0.4) is 0 Å². The number of carbonyl (C=O) groups is 1. The van der Waals surface area contributed by atoms with E-state index in [0.29, 0.717) is 18.8 Å². The molecule has 2 N–H and O–H groups in total. The van der Waals surface area contributed by atoms with E-state index in [9.17, 15) is 13.2 Å². The molecule has 0 spiro atoms. The Hall–Kier alpha value is -1.35. The number of nitrogens with zero attached hydrogens (tertiary/aromatic N) is 1. The molecule has 1 heterocycles. The van der Waals surface area contributed by atoms with E-state index in [1.54, 1.807) is 17.0 Å². The highest BCUT2D eigenvalue weighted by molar-refractivity contribution is 7.89. The summed E-state index contributed by atoms with van der Waals surface area (Å²) >= 11 is 0. The lowest BCUT2D eigenvalue weighted by Crippen LogP contribution is -2.55. The van der Waals surface area contributed by atoms with Gasteiger partial charge in [-0.1, -0.05) is 13.8 Å². The first kappa shape index (κ1) is 21.7. The van der Waals surface area contributed by atoms with Crippen LogP contribution in [0.25, 0.3) is 0 Å². The summed E-state index contributed by atoms with van der Waals surface area (Å²) in [6, 6.07) is 5.31. The number of piperazine rings is 1. The Labute approximate surface area is 155 Å². The fourth-order valence-electron chi connectivity index (χ4n) is 2.54. The zero-order valence-electron chi connectivity index (χ0n) is 14.7. The lowest BCUT2D eigenvalue weighted by molar-refractivity contribution is -0.134. The number of carbonyl (C=O) groups excluding carboxylic acids is 1. The van der Waals surface area contributed by atoms with Gasteiger partial charge in [-0.05, 0) is 30.2 Å². The Morgan fingerprint density at radius 2 is 1.76 bits per heavy atom. The third kappa shape index (κ3) is 5.57. The van der Waals surface area contributed by atoms with E-state index < -0.39 is 16.1 Å². The summed E-state index contributed by atoms with van der Waals surface area (Å²) in [6.07, 6.45) is 0. The second kappa shape index (κ2) is 9.38. The molecule has 1 aliphatic heterocycles. The maximum absolute atomic E-state index is 12.7. The van der Waals surface area contributed by atoms with E-state index in [1.807, 2.05) is 13.8 Å². The topological polar surface area (TPSA) is 87.7 Å². The van der Waals surface area contributed by atoms with Crippen molar-refractivity contribution in [2.75, 3.05) is 33.3 Å². The minimum Gasteiger partial charge on any atom is -0.497 e. The number of halogens is 1. The van der Waals surface area contributed by atoms with Crippen molar-refractivity contribution in [3.05, 3.63) is 24.3 Å². The first-order valence-corrected chi connectivity index (χ1v) is 9.49. The van der Waals surface area contributed by atoms with E-state index >= 15 is 0 Å². The minimum atomic E-state index is -3.78. The van der Waals surface area contributed by atoms with Crippen molar-refractivity contribution in [1.29, 1.82) is 0 Å². The molecule has 1 amide bonds. The van der Waals surface area contributed by atoms with E-state index in [0.717, 1.165) is 13.1 Å². The summed E-state index contributed by atoms with van der Waals surface area (Å²) in [5.74, 6) is 0.246. The van der Waals surface area contributed by atoms with Gasteiger partial charge in [0.1, 0.15) is 11.8 Å². The van der Waals surface area contributed by atoms with Gasteiger partial charge in [0.2, 0.25) is 15.9 Å². The van der Waals surface area contributed by atoms with Crippen LogP contribution in [0.2, 0.25) is 0 Å². The van der Waals surface area contributed by atoms with Crippen molar-refractivity contribution in [3.8, 4) is 5.75 Å². The predicted octanol–water partition coefficient (Wildman–Crippen LogP) is 0.852. The number of sulfonamides is 1. The van der Waals surface area contributed by atoms with Gasteiger partial charge in [0, 0.05) is 26.2 Å². The van der Waals surface area contributed by atoms with Crippen molar-refractivity contribution < 1.29 is 17.9 Å². The van der Waals surface area contributed by atoms with Crippen molar-refractivity contribution in [3.63, 3.8) is 0 Å². The zero-order chi connectivity index (χ0) is 17.7. The Morgan fingerprint density at radius 3 is 2.24 bits per heavy atom. The summed E-state index contributed by atoms with van der Waals surface area (Å²) in [6.45, 7) is 6.30. The lowest BCUT2D eigenvalue weighted by Gasteiger charge is -2.32. The average molecular weight is 392 g/mol. The number of rotatable bonds is 6. The van der Waals surface area contributed by atoms with Crippen LogP contribution in [-0.2, 0) is 14.8 Å². The Morgan fingerprint density at radius 1 is 1.20 bits per heavy atom. The van der Waals surface area contributed by atoms with Crippen LogP contribution in [0.4, 0.5) is 0 Å². The van der Waals surface area contributed by atoms with Gasteiger partial charge < -0.3 is 15.0 Å². The monoisotopic (exact) mass is 391 g/mol. The molecule has 25 heavy (non-hydrogen) atoms. The molecule has 9 heteroatoms. The van der Waals surface area contributed by atoms with E-state index in [1.165, 1.54) is 19.2 Å². The Bertz CT molecular complexity index is 658.